The van der Waals surface area contributed by atoms with Crippen molar-refractivity contribution in [3.8, 4) is 5.75 Å². The summed E-state index contributed by atoms with van der Waals surface area (Å²) in [6.07, 6.45) is 1.91. The van der Waals surface area contributed by atoms with Gasteiger partial charge in [-0.1, -0.05) is 5.16 Å². The molecule has 86 valence electrons. The van der Waals surface area contributed by atoms with Crippen molar-refractivity contribution in [1.29, 1.82) is 0 Å². The van der Waals surface area contributed by atoms with Crippen molar-refractivity contribution in [3.05, 3.63) is 48.0 Å². The Balaban J connectivity index is 1.76. The summed E-state index contributed by atoms with van der Waals surface area (Å²) >= 11 is 0. The van der Waals surface area contributed by atoms with Crippen LogP contribution >= 0.6 is 0 Å². The molecule has 0 bridgehead atoms. The van der Waals surface area contributed by atoms with Crippen molar-refractivity contribution >= 4 is 10.9 Å². The Morgan fingerprint density at radius 2 is 2.24 bits per heavy atom. The van der Waals surface area contributed by atoms with E-state index in [0.717, 1.165) is 28.1 Å². The molecule has 2 aromatic heterocycles. The normalized spacial score (nSPS) is 10.9. The summed E-state index contributed by atoms with van der Waals surface area (Å²) in [4.78, 5) is 3.14. The van der Waals surface area contributed by atoms with Crippen LogP contribution in [-0.2, 0) is 6.61 Å². The van der Waals surface area contributed by atoms with Crippen molar-refractivity contribution in [2.24, 2.45) is 0 Å². The first-order valence-electron chi connectivity index (χ1n) is 5.43. The van der Waals surface area contributed by atoms with Crippen LogP contribution in [0, 0.1) is 6.92 Å². The molecular weight excluding hydrogens is 216 g/mol. The Hall–Kier alpha value is -2.23. The molecule has 0 spiro atoms. The standard InChI is InChI=1S/C13H12N2O2/c1-9-6-12(17-15-9)8-16-11-2-3-13-10(7-11)4-5-14-13/h2-7,14H,8H2,1H3. The molecule has 4 nitrogen and oxygen atoms in total. The van der Waals surface area contributed by atoms with Crippen LogP contribution in [-0.4, -0.2) is 10.1 Å². The summed E-state index contributed by atoms with van der Waals surface area (Å²) in [7, 11) is 0. The van der Waals surface area contributed by atoms with Crippen molar-refractivity contribution < 1.29 is 9.26 Å². The van der Waals surface area contributed by atoms with Crippen molar-refractivity contribution in [1.82, 2.24) is 10.1 Å². The number of aryl methyl sites for hydroxylation is 1. The van der Waals surface area contributed by atoms with E-state index in [9.17, 15) is 0 Å². The number of fused-ring (bicyclic) bond motifs is 1. The lowest BCUT2D eigenvalue weighted by atomic mass is 10.2. The second-order valence-electron chi connectivity index (χ2n) is 3.95. The lowest BCUT2D eigenvalue weighted by Gasteiger charge is -2.03. The van der Waals surface area contributed by atoms with Gasteiger partial charge in [0.2, 0.25) is 0 Å². The number of nitrogens with zero attached hydrogens (tertiary/aromatic N) is 1. The molecular formula is C13H12N2O2. The van der Waals surface area contributed by atoms with Crippen LogP contribution in [0.3, 0.4) is 0 Å². The van der Waals surface area contributed by atoms with Crippen LogP contribution < -0.4 is 4.74 Å². The van der Waals surface area contributed by atoms with E-state index in [1.165, 1.54) is 0 Å². The number of H-pyrrole nitrogens is 1. The first-order valence-corrected chi connectivity index (χ1v) is 5.43. The predicted molar refractivity (Wildman–Crippen MR) is 63.9 cm³/mol. The minimum Gasteiger partial charge on any atom is -0.486 e. The summed E-state index contributed by atoms with van der Waals surface area (Å²) < 4.78 is 10.7. The van der Waals surface area contributed by atoms with Crippen LogP contribution in [0.4, 0.5) is 0 Å². The molecule has 0 radical (unpaired) electrons. The first kappa shape index (κ1) is 9.96. The molecule has 0 aliphatic rings. The summed E-state index contributed by atoms with van der Waals surface area (Å²) in [6.45, 7) is 2.29. The lowest BCUT2D eigenvalue weighted by molar-refractivity contribution is 0.249. The molecule has 0 aliphatic heterocycles. The Bertz CT molecular complexity index is 639. The smallest absolute Gasteiger partial charge is 0.174 e. The highest BCUT2D eigenvalue weighted by molar-refractivity contribution is 5.80. The SMILES string of the molecule is Cc1cc(COc2ccc3[nH]ccc3c2)on1. The largest absolute Gasteiger partial charge is 0.486 e. The molecule has 0 atom stereocenters. The van der Waals surface area contributed by atoms with E-state index in [2.05, 4.69) is 10.1 Å². The van der Waals surface area contributed by atoms with E-state index in [4.69, 9.17) is 9.26 Å². The Morgan fingerprint density at radius 3 is 3.06 bits per heavy atom. The van der Waals surface area contributed by atoms with Crippen molar-refractivity contribution in [3.63, 3.8) is 0 Å². The third kappa shape index (κ3) is 2.01. The van der Waals surface area contributed by atoms with E-state index in [-0.39, 0.29) is 0 Å². The Kier molecular flexibility index (Phi) is 2.33. The van der Waals surface area contributed by atoms with Crippen LogP contribution in [0.15, 0.2) is 41.1 Å². The fourth-order valence-corrected chi connectivity index (χ4v) is 1.76. The zero-order valence-corrected chi connectivity index (χ0v) is 9.43. The number of rotatable bonds is 3. The molecule has 0 unspecified atom stereocenters. The molecule has 1 N–H and O–H groups in total. The van der Waals surface area contributed by atoms with Crippen LogP contribution in [0.25, 0.3) is 10.9 Å². The van der Waals surface area contributed by atoms with Crippen molar-refractivity contribution in [2.75, 3.05) is 0 Å². The zero-order chi connectivity index (χ0) is 11.7. The molecule has 0 saturated heterocycles. The average molecular weight is 228 g/mol. The number of nitrogens with one attached hydrogen (secondary N) is 1. The summed E-state index contributed by atoms with van der Waals surface area (Å²) in [5.41, 5.74) is 1.97. The van der Waals surface area contributed by atoms with E-state index in [0.29, 0.717) is 6.61 Å². The Labute approximate surface area is 98.2 Å². The molecule has 0 aliphatic carbocycles. The number of aromatic nitrogens is 2. The maximum absolute atomic E-state index is 5.64. The third-order valence-electron chi connectivity index (χ3n) is 2.58. The molecule has 0 saturated carbocycles. The topological polar surface area (TPSA) is 51.0 Å². The van der Waals surface area contributed by atoms with Gasteiger partial charge in [0.25, 0.3) is 0 Å². The lowest BCUT2D eigenvalue weighted by Crippen LogP contribution is -1.93. The quantitative estimate of drug-likeness (QED) is 0.749. The van der Waals surface area contributed by atoms with Gasteiger partial charge >= 0.3 is 0 Å². The molecule has 0 fully saturated rings. The van der Waals surface area contributed by atoms with E-state index >= 15 is 0 Å². The summed E-state index contributed by atoms with van der Waals surface area (Å²) in [6, 6.07) is 9.81. The van der Waals surface area contributed by atoms with Gasteiger partial charge in [-0.05, 0) is 31.2 Å². The van der Waals surface area contributed by atoms with Crippen LogP contribution in [0.5, 0.6) is 5.75 Å². The van der Waals surface area contributed by atoms with Crippen LogP contribution in [0.2, 0.25) is 0 Å². The van der Waals surface area contributed by atoms with E-state index < -0.39 is 0 Å². The minimum absolute atomic E-state index is 0.400. The second-order valence-corrected chi connectivity index (χ2v) is 3.95. The van der Waals surface area contributed by atoms with Crippen molar-refractivity contribution in [2.45, 2.75) is 13.5 Å². The molecule has 1 aromatic carbocycles. The molecule has 17 heavy (non-hydrogen) atoms. The van der Waals surface area contributed by atoms with Gasteiger partial charge < -0.3 is 14.2 Å². The fourth-order valence-electron chi connectivity index (χ4n) is 1.76. The molecule has 4 heteroatoms. The number of hydrogen-bond acceptors (Lipinski definition) is 3. The maximum atomic E-state index is 5.64. The van der Waals surface area contributed by atoms with E-state index in [1.54, 1.807) is 0 Å². The first-order chi connectivity index (χ1) is 8.31. The summed E-state index contributed by atoms with van der Waals surface area (Å²) in [5.74, 6) is 1.56. The number of aromatic amines is 1. The third-order valence-corrected chi connectivity index (χ3v) is 2.58. The molecule has 3 rings (SSSR count). The highest BCUT2D eigenvalue weighted by atomic mass is 16.5. The highest BCUT2D eigenvalue weighted by Crippen LogP contribution is 2.20. The number of benzene rings is 1. The molecule has 2 heterocycles. The number of hydrogen-bond donors (Lipinski definition) is 1. The van der Waals surface area contributed by atoms with Gasteiger partial charge in [-0.2, -0.15) is 0 Å². The average Bonchev–Trinajstić information content (AvgIpc) is 2.94. The number of ether oxygens (including phenoxy) is 1. The summed E-state index contributed by atoms with van der Waals surface area (Å²) in [5, 5.41) is 4.95. The van der Waals surface area contributed by atoms with Gasteiger partial charge in [-0.25, -0.2) is 0 Å². The molecule has 0 amide bonds. The highest BCUT2D eigenvalue weighted by Gasteiger charge is 2.02. The predicted octanol–water partition coefficient (Wildman–Crippen LogP) is 3.04. The maximum Gasteiger partial charge on any atom is 0.174 e. The van der Waals surface area contributed by atoms with Gasteiger partial charge in [0.1, 0.15) is 12.4 Å². The zero-order valence-electron chi connectivity index (χ0n) is 9.43. The van der Waals surface area contributed by atoms with Crippen LogP contribution in [0.1, 0.15) is 11.5 Å². The van der Waals surface area contributed by atoms with E-state index in [1.807, 2.05) is 43.5 Å². The molecule has 3 aromatic rings. The van der Waals surface area contributed by atoms with Gasteiger partial charge in [0.15, 0.2) is 5.76 Å². The second kappa shape index (κ2) is 3.97. The monoisotopic (exact) mass is 228 g/mol. The minimum atomic E-state index is 0.400. The Morgan fingerprint density at radius 1 is 1.29 bits per heavy atom. The van der Waals surface area contributed by atoms with Gasteiger partial charge in [-0.15, -0.1) is 0 Å². The van der Waals surface area contributed by atoms with Gasteiger partial charge in [-0.3, -0.25) is 0 Å². The fraction of sp³-hybridized carbons (Fsp3) is 0.154. The van der Waals surface area contributed by atoms with Gasteiger partial charge in [0.05, 0.1) is 5.69 Å². The van der Waals surface area contributed by atoms with Gasteiger partial charge in [0, 0.05) is 23.2 Å².